The SMILES string of the molecule is COc1cc2c(cc1OC)C(Cc1cc(OC)c(OC)c(OC)c1)[N@@+](C)(CCCOC(=O)CC/C=C/CCC(=O)OCCC[N@@+]1(C)CCc3cc(OC)c(OC)cc3C1Cc1cc(OC)c(OC)c(OC)c1)CC2. The van der Waals surface area contributed by atoms with Gasteiger partial charge in [0.25, 0.3) is 0 Å². The van der Waals surface area contributed by atoms with Gasteiger partial charge in [0.15, 0.2) is 46.0 Å². The first-order valence-electron chi connectivity index (χ1n) is 25.5. The molecule has 0 amide bonds. The standard InChI is InChI=1S/C58H80N2O14/c1-59(25-21-41-35-47(63-3)49(65-5)37-43(41)45(59)29-39-31-51(67-7)57(71-11)52(32-39)68-8)23-17-27-73-55(61)19-15-13-14-16-20-56(62)74-28-18-24-60(2)26-22-42-36-48(64-4)50(66-6)38-44(42)46(60)30-40-33-53(69-9)58(72-12)54(34-40)70-10/h13-14,31-38,45-46H,15-30H2,1-12H3/q+2/b14-13+/t45?,46?,59-,60-/m0/s1. The van der Waals surface area contributed by atoms with Crippen LogP contribution in [0, 0.1) is 0 Å². The van der Waals surface area contributed by atoms with Crippen LogP contribution in [0.5, 0.6) is 57.5 Å². The van der Waals surface area contributed by atoms with Gasteiger partial charge in [-0.05, 0) is 83.6 Å². The number of rotatable bonds is 28. The van der Waals surface area contributed by atoms with Crippen molar-refractivity contribution < 1.29 is 75.4 Å². The van der Waals surface area contributed by atoms with E-state index in [1.54, 1.807) is 71.1 Å². The van der Waals surface area contributed by atoms with Crippen LogP contribution in [0.25, 0.3) is 0 Å². The van der Waals surface area contributed by atoms with Crippen LogP contribution in [0.1, 0.15) is 84.0 Å². The Hall–Kier alpha value is -6.52. The Morgan fingerprint density at radius 2 is 0.784 bits per heavy atom. The van der Waals surface area contributed by atoms with Crippen LogP contribution in [-0.4, -0.2) is 145 Å². The molecule has 2 heterocycles. The quantitative estimate of drug-likeness (QED) is 0.0231. The van der Waals surface area contributed by atoms with E-state index in [9.17, 15) is 9.59 Å². The fourth-order valence-electron chi connectivity index (χ4n) is 10.8. The third-order valence-corrected chi connectivity index (χ3v) is 15.0. The van der Waals surface area contributed by atoms with Crippen LogP contribution in [-0.2, 0) is 44.7 Å². The van der Waals surface area contributed by atoms with E-state index in [1.165, 1.54) is 22.3 Å². The van der Waals surface area contributed by atoms with Crippen LogP contribution < -0.4 is 47.4 Å². The van der Waals surface area contributed by atoms with E-state index >= 15 is 0 Å². The number of carbonyl (C=O) groups is 2. The number of nitrogens with zero attached hydrogens (tertiary/aromatic N) is 2. The summed E-state index contributed by atoms with van der Waals surface area (Å²) >= 11 is 0. The largest absolute Gasteiger partial charge is 0.493 e. The molecule has 0 saturated heterocycles. The second-order valence-corrected chi connectivity index (χ2v) is 19.4. The molecule has 4 atom stereocenters. The molecule has 4 aromatic rings. The molecular weight excluding hydrogens is 949 g/mol. The smallest absolute Gasteiger partial charge is 0.306 e. The van der Waals surface area contributed by atoms with E-state index in [1.807, 2.05) is 36.4 Å². The van der Waals surface area contributed by atoms with Gasteiger partial charge in [0, 0.05) is 62.5 Å². The van der Waals surface area contributed by atoms with Gasteiger partial charge in [0.2, 0.25) is 11.5 Å². The third-order valence-electron chi connectivity index (χ3n) is 15.0. The second-order valence-electron chi connectivity index (χ2n) is 19.4. The molecule has 0 radical (unpaired) electrons. The summed E-state index contributed by atoms with van der Waals surface area (Å²) in [4.78, 5) is 25.7. The minimum absolute atomic E-state index is 0.0551. The van der Waals surface area contributed by atoms with Gasteiger partial charge in [-0.25, -0.2) is 0 Å². The number of likely N-dealkylation sites (N-methyl/N-ethyl adjacent to an activating group) is 2. The molecule has 4 aromatic carbocycles. The van der Waals surface area contributed by atoms with Crippen molar-refractivity contribution in [3.63, 3.8) is 0 Å². The minimum Gasteiger partial charge on any atom is -0.493 e. The van der Waals surface area contributed by atoms with Gasteiger partial charge in [-0.3, -0.25) is 9.59 Å². The number of esters is 2. The molecule has 0 N–H and O–H groups in total. The Morgan fingerprint density at radius 1 is 0.459 bits per heavy atom. The maximum atomic E-state index is 12.9. The number of hydrogen-bond acceptors (Lipinski definition) is 14. The Bertz CT molecular complexity index is 2340. The molecule has 0 bridgehead atoms. The maximum absolute atomic E-state index is 12.9. The van der Waals surface area contributed by atoms with Crippen molar-refractivity contribution in [3.05, 3.63) is 94.1 Å². The summed E-state index contributed by atoms with van der Waals surface area (Å²) in [7, 11) is 20.9. The van der Waals surface area contributed by atoms with Gasteiger partial charge < -0.3 is 65.8 Å². The van der Waals surface area contributed by atoms with Crippen molar-refractivity contribution in [1.29, 1.82) is 0 Å². The molecule has 16 heteroatoms. The summed E-state index contributed by atoms with van der Waals surface area (Å²) in [5.74, 6) is 5.81. The van der Waals surface area contributed by atoms with E-state index in [4.69, 9.17) is 56.8 Å². The molecule has 74 heavy (non-hydrogen) atoms. The zero-order valence-electron chi connectivity index (χ0n) is 45.9. The van der Waals surface area contributed by atoms with Crippen molar-refractivity contribution in [3.8, 4) is 57.5 Å². The summed E-state index contributed by atoms with van der Waals surface area (Å²) in [6.07, 6.45) is 9.94. The fraction of sp³-hybridized carbons (Fsp3) is 0.517. The Labute approximate surface area is 438 Å². The summed E-state index contributed by atoms with van der Waals surface area (Å²) < 4.78 is 69.8. The van der Waals surface area contributed by atoms with Crippen molar-refractivity contribution in [2.75, 3.05) is 125 Å². The zero-order chi connectivity index (χ0) is 53.4. The first-order valence-corrected chi connectivity index (χ1v) is 25.5. The number of hydrogen-bond donors (Lipinski definition) is 0. The van der Waals surface area contributed by atoms with Crippen molar-refractivity contribution >= 4 is 11.9 Å². The summed E-state index contributed by atoms with van der Waals surface area (Å²) in [5.41, 5.74) is 6.93. The Balaban J connectivity index is 0.967. The van der Waals surface area contributed by atoms with Crippen LogP contribution in [0.2, 0.25) is 0 Å². The lowest BCUT2D eigenvalue weighted by Crippen LogP contribution is -2.52. The number of carbonyl (C=O) groups excluding carboxylic acids is 2. The molecule has 0 spiro atoms. The molecule has 6 rings (SSSR count). The molecule has 404 valence electrons. The number of benzene rings is 4. The van der Waals surface area contributed by atoms with Crippen molar-refractivity contribution in [2.24, 2.45) is 0 Å². The lowest BCUT2D eigenvalue weighted by molar-refractivity contribution is -0.941. The predicted molar refractivity (Wildman–Crippen MR) is 282 cm³/mol. The molecule has 16 nitrogen and oxygen atoms in total. The zero-order valence-corrected chi connectivity index (χ0v) is 45.9. The predicted octanol–water partition coefficient (Wildman–Crippen LogP) is 9.03. The van der Waals surface area contributed by atoms with Crippen LogP contribution >= 0.6 is 0 Å². The minimum atomic E-state index is -0.246. The number of methoxy groups -OCH3 is 10. The highest BCUT2D eigenvalue weighted by molar-refractivity contribution is 5.70. The van der Waals surface area contributed by atoms with Crippen molar-refractivity contribution in [2.45, 2.75) is 76.3 Å². The third kappa shape index (κ3) is 13.4. The van der Waals surface area contributed by atoms with E-state index in [0.717, 1.165) is 59.1 Å². The average molecular weight is 1030 g/mol. The molecule has 2 aliphatic rings. The molecule has 2 aliphatic heterocycles. The molecule has 0 aromatic heterocycles. The second kappa shape index (κ2) is 26.6. The summed E-state index contributed by atoms with van der Waals surface area (Å²) in [6.45, 7) is 4.02. The van der Waals surface area contributed by atoms with Crippen LogP contribution in [0.15, 0.2) is 60.7 Å². The first-order chi connectivity index (χ1) is 35.7. The van der Waals surface area contributed by atoms with E-state index < -0.39 is 0 Å². The Kier molecular flexibility index (Phi) is 20.4. The highest BCUT2D eigenvalue weighted by Crippen LogP contribution is 2.47. The van der Waals surface area contributed by atoms with E-state index in [2.05, 4.69) is 38.4 Å². The number of fused-ring (bicyclic) bond motifs is 2. The normalized spacial score (nSPS) is 18.9. The molecule has 2 unspecified atom stereocenters. The topological polar surface area (TPSA) is 145 Å². The first kappa shape index (κ1) is 56.8. The molecular formula is C58H80N2O14+2. The van der Waals surface area contributed by atoms with Crippen LogP contribution in [0.4, 0.5) is 0 Å². The maximum Gasteiger partial charge on any atom is 0.306 e. The monoisotopic (exact) mass is 1030 g/mol. The van der Waals surface area contributed by atoms with Gasteiger partial charge in [-0.2, -0.15) is 0 Å². The number of ether oxygens (including phenoxy) is 12. The highest BCUT2D eigenvalue weighted by atomic mass is 16.6. The lowest BCUT2D eigenvalue weighted by Gasteiger charge is -2.46. The van der Waals surface area contributed by atoms with Gasteiger partial charge >= 0.3 is 11.9 Å². The van der Waals surface area contributed by atoms with E-state index in [-0.39, 0.29) is 36.9 Å². The summed E-state index contributed by atoms with van der Waals surface area (Å²) in [5, 5.41) is 0. The highest BCUT2D eigenvalue weighted by Gasteiger charge is 2.42. The fourth-order valence-corrected chi connectivity index (χ4v) is 10.8. The lowest BCUT2D eigenvalue weighted by atomic mass is 9.86. The number of allylic oxidation sites excluding steroid dienone is 2. The van der Waals surface area contributed by atoms with Gasteiger partial charge in [-0.15, -0.1) is 0 Å². The Morgan fingerprint density at radius 3 is 1.09 bits per heavy atom. The average Bonchev–Trinajstić information content (AvgIpc) is 3.42. The van der Waals surface area contributed by atoms with Gasteiger partial charge in [0.1, 0.15) is 12.1 Å². The van der Waals surface area contributed by atoms with E-state index in [0.29, 0.717) is 109 Å². The molecule has 0 fully saturated rings. The number of quaternary nitrogens is 2. The van der Waals surface area contributed by atoms with Crippen LogP contribution in [0.3, 0.4) is 0 Å². The van der Waals surface area contributed by atoms with Crippen molar-refractivity contribution in [1.82, 2.24) is 0 Å². The van der Waals surface area contributed by atoms with Gasteiger partial charge in [-0.1, -0.05) is 12.2 Å². The van der Waals surface area contributed by atoms with Gasteiger partial charge in [0.05, 0.1) is 125 Å². The summed E-state index contributed by atoms with van der Waals surface area (Å²) in [6, 6.07) is 16.5. The molecule has 0 saturated carbocycles. The molecule has 0 aliphatic carbocycles.